The Bertz CT molecular complexity index is 1200. The fourth-order valence-corrected chi connectivity index (χ4v) is 5.69. The maximum Gasteiger partial charge on any atom is 0.281 e. The first kappa shape index (κ1) is 25.2. The lowest BCUT2D eigenvalue weighted by atomic mass is 9.92. The zero-order valence-corrected chi connectivity index (χ0v) is 21.6. The molecular weight excluding hydrogens is 438 g/mol. The number of likely N-dealkylation sites (tertiary alicyclic amines) is 1. The Hall–Kier alpha value is -2.93. The topological polar surface area (TPSA) is 72.2 Å². The molecule has 7 nitrogen and oxygen atoms in total. The number of nitrogens with one attached hydrogen (secondary N) is 1. The fourth-order valence-electron chi connectivity index (χ4n) is 5.69. The molecule has 2 atom stereocenters. The van der Waals surface area contributed by atoms with E-state index in [2.05, 4.69) is 33.7 Å². The third-order valence-corrected chi connectivity index (χ3v) is 7.24. The number of carbonyl (C=O) groups is 1. The average molecular weight is 478 g/mol. The van der Waals surface area contributed by atoms with Crippen LogP contribution in [0.2, 0.25) is 0 Å². The molecule has 1 aromatic carbocycles. The van der Waals surface area contributed by atoms with Gasteiger partial charge in [-0.2, -0.15) is 9.78 Å². The number of hydrogen-bond donors (Lipinski definition) is 1. The van der Waals surface area contributed by atoms with Crippen molar-refractivity contribution >= 4 is 16.7 Å². The Morgan fingerprint density at radius 1 is 1.03 bits per heavy atom. The number of fused-ring (bicyclic) bond motifs is 1. The van der Waals surface area contributed by atoms with Crippen molar-refractivity contribution in [2.75, 3.05) is 26.2 Å². The highest BCUT2D eigenvalue weighted by atomic mass is 16.1. The molecule has 1 fully saturated rings. The molecule has 0 aliphatic carbocycles. The minimum absolute atomic E-state index is 0.102. The Balaban J connectivity index is 1.30. The van der Waals surface area contributed by atoms with Gasteiger partial charge in [-0.1, -0.05) is 32.0 Å². The van der Waals surface area contributed by atoms with Crippen molar-refractivity contribution in [2.45, 2.75) is 59.9 Å². The highest BCUT2D eigenvalue weighted by Crippen LogP contribution is 2.23. The Kier molecular flexibility index (Phi) is 8.06. The van der Waals surface area contributed by atoms with Crippen LogP contribution in [-0.2, 0) is 11.3 Å². The van der Waals surface area contributed by atoms with E-state index in [1.807, 2.05) is 44.2 Å². The fraction of sp³-hybridized carbons (Fsp3) is 0.536. The van der Waals surface area contributed by atoms with Gasteiger partial charge in [0.25, 0.3) is 5.56 Å². The molecule has 0 saturated carbocycles. The van der Waals surface area contributed by atoms with E-state index < -0.39 is 0 Å². The van der Waals surface area contributed by atoms with Crippen molar-refractivity contribution in [3.63, 3.8) is 0 Å². The lowest BCUT2D eigenvalue weighted by Gasteiger charge is -2.34. The number of carbonyl (C=O) groups excluding carboxylic acids is 1. The minimum atomic E-state index is -0.108. The van der Waals surface area contributed by atoms with E-state index in [1.165, 1.54) is 24.2 Å². The van der Waals surface area contributed by atoms with E-state index in [9.17, 15) is 9.59 Å². The predicted molar refractivity (Wildman–Crippen MR) is 141 cm³/mol. The van der Waals surface area contributed by atoms with Crippen molar-refractivity contribution in [3.8, 4) is 5.69 Å². The van der Waals surface area contributed by atoms with E-state index in [0.717, 1.165) is 60.2 Å². The summed E-state index contributed by atoms with van der Waals surface area (Å²) in [5.74, 6) is 1.63. The maximum atomic E-state index is 13.2. The molecule has 0 unspecified atom stereocenters. The SMILES string of the molecule is Cc1c2cnn(-c3ccccc3)c(=O)c2c(C)n1CCCC(=O)NCCCN1C[C@H](C)C[C@@H](C)C1. The van der Waals surface area contributed by atoms with Gasteiger partial charge >= 0.3 is 0 Å². The normalized spacial score (nSPS) is 18.7. The van der Waals surface area contributed by atoms with E-state index in [0.29, 0.717) is 18.4 Å². The third-order valence-electron chi connectivity index (χ3n) is 7.24. The molecule has 1 aliphatic rings. The van der Waals surface area contributed by atoms with Crippen molar-refractivity contribution < 1.29 is 4.79 Å². The van der Waals surface area contributed by atoms with Gasteiger partial charge in [0, 0.05) is 49.4 Å². The Morgan fingerprint density at radius 3 is 2.46 bits per heavy atom. The van der Waals surface area contributed by atoms with Gasteiger partial charge in [-0.05, 0) is 63.6 Å². The van der Waals surface area contributed by atoms with Crippen molar-refractivity contribution in [2.24, 2.45) is 11.8 Å². The van der Waals surface area contributed by atoms with E-state index in [4.69, 9.17) is 0 Å². The van der Waals surface area contributed by atoms with Gasteiger partial charge in [0.1, 0.15) is 0 Å². The van der Waals surface area contributed by atoms with E-state index in [1.54, 1.807) is 6.20 Å². The molecule has 35 heavy (non-hydrogen) atoms. The van der Waals surface area contributed by atoms with Gasteiger partial charge in [-0.15, -0.1) is 0 Å². The van der Waals surface area contributed by atoms with Crippen LogP contribution in [0.5, 0.6) is 0 Å². The molecule has 7 heteroatoms. The maximum absolute atomic E-state index is 13.2. The monoisotopic (exact) mass is 477 g/mol. The molecule has 2 aromatic heterocycles. The first-order valence-corrected chi connectivity index (χ1v) is 13.0. The number of amides is 1. The zero-order valence-electron chi connectivity index (χ0n) is 21.6. The number of nitrogens with zero attached hydrogens (tertiary/aromatic N) is 4. The summed E-state index contributed by atoms with van der Waals surface area (Å²) in [4.78, 5) is 28.1. The standard InChI is InChI=1S/C28H39N5O2/c1-20-16-21(2)19-31(18-20)14-9-13-29-26(34)12-8-15-32-22(3)25-17-30-33(24-10-6-5-7-11-24)28(35)27(25)23(32)4/h5-7,10-11,17,20-21H,8-9,12-16,18-19H2,1-4H3,(H,29,34)/t20-,21-/m1/s1. The number of aromatic nitrogens is 3. The molecule has 4 rings (SSSR count). The predicted octanol–water partition coefficient (Wildman–Crippen LogP) is 4.07. The Labute approximate surface area is 208 Å². The first-order valence-electron chi connectivity index (χ1n) is 13.0. The molecule has 1 amide bonds. The first-order chi connectivity index (χ1) is 16.8. The zero-order chi connectivity index (χ0) is 24.9. The highest BCUT2D eigenvalue weighted by molar-refractivity contribution is 5.87. The molecule has 0 radical (unpaired) electrons. The van der Waals surface area contributed by atoms with Gasteiger partial charge in [-0.3, -0.25) is 9.59 Å². The van der Waals surface area contributed by atoms with E-state index in [-0.39, 0.29) is 11.5 Å². The van der Waals surface area contributed by atoms with Gasteiger partial charge in [0.05, 0.1) is 17.3 Å². The lowest BCUT2D eigenvalue weighted by molar-refractivity contribution is -0.121. The van der Waals surface area contributed by atoms with Crippen molar-refractivity contribution in [1.82, 2.24) is 24.6 Å². The second kappa shape index (κ2) is 11.2. The van der Waals surface area contributed by atoms with Crippen LogP contribution in [0.15, 0.2) is 41.3 Å². The van der Waals surface area contributed by atoms with Crippen LogP contribution in [0.1, 0.15) is 50.9 Å². The van der Waals surface area contributed by atoms with Gasteiger partial charge in [-0.25, -0.2) is 0 Å². The van der Waals surface area contributed by atoms with Crippen molar-refractivity contribution in [1.29, 1.82) is 0 Å². The molecule has 0 bridgehead atoms. The molecule has 3 heterocycles. The summed E-state index contributed by atoms with van der Waals surface area (Å²) in [7, 11) is 0. The second-order valence-electron chi connectivity index (χ2n) is 10.3. The number of rotatable bonds is 9. The van der Waals surface area contributed by atoms with Gasteiger partial charge in [0.15, 0.2) is 0 Å². The number of hydrogen-bond acceptors (Lipinski definition) is 4. The van der Waals surface area contributed by atoms with Crippen LogP contribution in [0.25, 0.3) is 16.5 Å². The summed E-state index contributed by atoms with van der Waals surface area (Å²) < 4.78 is 3.60. The van der Waals surface area contributed by atoms with Crippen LogP contribution >= 0.6 is 0 Å². The van der Waals surface area contributed by atoms with Crippen LogP contribution in [0.4, 0.5) is 0 Å². The molecule has 1 aliphatic heterocycles. The molecule has 3 aromatic rings. The minimum Gasteiger partial charge on any atom is -0.356 e. The molecule has 188 valence electrons. The third kappa shape index (κ3) is 5.84. The second-order valence-corrected chi connectivity index (χ2v) is 10.3. The summed E-state index contributed by atoms with van der Waals surface area (Å²) in [6, 6.07) is 9.48. The van der Waals surface area contributed by atoms with Crippen LogP contribution < -0.4 is 10.9 Å². The number of aryl methyl sites for hydroxylation is 2. The molecular formula is C28H39N5O2. The number of benzene rings is 1. The van der Waals surface area contributed by atoms with Gasteiger partial charge < -0.3 is 14.8 Å². The van der Waals surface area contributed by atoms with Gasteiger partial charge in [0.2, 0.25) is 5.91 Å². The van der Waals surface area contributed by atoms with E-state index >= 15 is 0 Å². The molecule has 0 spiro atoms. The van der Waals surface area contributed by atoms with Crippen LogP contribution in [0.3, 0.4) is 0 Å². The lowest BCUT2D eigenvalue weighted by Crippen LogP contribution is -2.40. The largest absolute Gasteiger partial charge is 0.356 e. The summed E-state index contributed by atoms with van der Waals surface area (Å²) in [5, 5.41) is 9.07. The summed E-state index contributed by atoms with van der Waals surface area (Å²) >= 11 is 0. The highest BCUT2D eigenvalue weighted by Gasteiger charge is 2.21. The van der Waals surface area contributed by atoms with Crippen molar-refractivity contribution in [3.05, 3.63) is 58.3 Å². The smallest absolute Gasteiger partial charge is 0.281 e. The molecule has 1 N–H and O–H groups in total. The quantitative estimate of drug-likeness (QED) is 0.472. The summed E-state index contributed by atoms with van der Waals surface area (Å²) in [6.07, 6.45) is 5.31. The summed E-state index contributed by atoms with van der Waals surface area (Å²) in [5.41, 5.74) is 2.60. The number of para-hydroxylation sites is 1. The summed E-state index contributed by atoms with van der Waals surface area (Å²) in [6.45, 7) is 13.5. The number of piperidine rings is 1. The van der Waals surface area contributed by atoms with Crippen LogP contribution in [-0.4, -0.2) is 51.3 Å². The molecule has 1 saturated heterocycles. The van der Waals surface area contributed by atoms with Crippen LogP contribution in [0, 0.1) is 25.7 Å². The Morgan fingerprint density at radius 2 is 1.74 bits per heavy atom. The average Bonchev–Trinajstić information content (AvgIpc) is 3.07.